The van der Waals surface area contributed by atoms with E-state index in [1.807, 2.05) is 25.8 Å². The molecule has 1 aromatic heterocycles. The highest BCUT2D eigenvalue weighted by molar-refractivity contribution is 5.46. The van der Waals surface area contributed by atoms with Crippen molar-refractivity contribution in [3.63, 3.8) is 0 Å². The van der Waals surface area contributed by atoms with Gasteiger partial charge in [-0.2, -0.15) is 5.26 Å². The summed E-state index contributed by atoms with van der Waals surface area (Å²) in [6.45, 7) is 4.69. The third kappa shape index (κ3) is 3.09. The largest absolute Gasteiger partial charge is 0.384 e. The van der Waals surface area contributed by atoms with Gasteiger partial charge in [0.05, 0.1) is 12.5 Å². The Hall–Kier alpha value is -1.83. The Kier molecular flexibility index (Phi) is 4.06. The number of nitrogens with two attached hydrogens (primary N) is 1. The minimum atomic E-state index is 0.242. The number of nitriles is 1. The Labute approximate surface area is 95.9 Å². The summed E-state index contributed by atoms with van der Waals surface area (Å²) in [5.74, 6) is 2.22. The number of aromatic nitrogens is 2. The van der Waals surface area contributed by atoms with Crippen LogP contribution in [0.5, 0.6) is 0 Å². The Morgan fingerprint density at radius 3 is 2.75 bits per heavy atom. The molecule has 86 valence electrons. The molecule has 0 radical (unpaired) electrons. The van der Waals surface area contributed by atoms with Crippen LogP contribution in [0.15, 0.2) is 6.07 Å². The quantitative estimate of drug-likeness (QED) is 0.830. The molecule has 0 saturated carbocycles. The van der Waals surface area contributed by atoms with Crippen molar-refractivity contribution in [3.8, 4) is 6.07 Å². The standard InChI is InChI=1S/C11H17N5/c1-8(2)11-14-9(13)7-10(15-11)16(3)6-4-5-12/h7-8H,4,6H2,1-3H3,(H2,13,14,15). The fraction of sp³-hybridized carbons (Fsp3) is 0.545. The van der Waals surface area contributed by atoms with E-state index < -0.39 is 0 Å². The van der Waals surface area contributed by atoms with E-state index in [1.165, 1.54) is 0 Å². The highest BCUT2D eigenvalue weighted by Gasteiger charge is 2.09. The molecule has 5 heteroatoms. The molecular weight excluding hydrogens is 202 g/mol. The first-order valence-corrected chi connectivity index (χ1v) is 5.27. The molecule has 0 spiro atoms. The summed E-state index contributed by atoms with van der Waals surface area (Å²) < 4.78 is 0. The van der Waals surface area contributed by atoms with Gasteiger partial charge in [-0.1, -0.05) is 13.8 Å². The van der Waals surface area contributed by atoms with Crippen LogP contribution in [0, 0.1) is 11.3 Å². The molecule has 0 amide bonds. The first-order valence-electron chi connectivity index (χ1n) is 5.27. The summed E-state index contributed by atoms with van der Waals surface area (Å²) in [7, 11) is 1.89. The van der Waals surface area contributed by atoms with E-state index in [-0.39, 0.29) is 5.92 Å². The van der Waals surface area contributed by atoms with Gasteiger partial charge in [0, 0.05) is 25.6 Å². The monoisotopic (exact) mass is 219 g/mol. The second-order valence-corrected chi connectivity index (χ2v) is 3.99. The van der Waals surface area contributed by atoms with E-state index >= 15 is 0 Å². The van der Waals surface area contributed by atoms with Crippen LogP contribution in [0.25, 0.3) is 0 Å². The maximum Gasteiger partial charge on any atom is 0.135 e. The third-order valence-electron chi connectivity index (χ3n) is 2.22. The molecule has 0 aliphatic rings. The number of hydrogen-bond donors (Lipinski definition) is 1. The first-order chi connectivity index (χ1) is 7.54. The van der Waals surface area contributed by atoms with Crippen LogP contribution in [-0.4, -0.2) is 23.6 Å². The minimum absolute atomic E-state index is 0.242. The fourth-order valence-electron chi connectivity index (χ4n) is 1.26. The molecule has 0 aromatic carbocycles. The second-order valence-electron chi connectivity index (χ2n) is 3.99. The zero-order valence-electron chi connectivity index (χ0n) is 9.94. The highest BCUT2D eigenvalue weighted by Crippen LogP contribution is 2.17. The van der Waals surface area contributed by atoms with Crippen molar-refractivity contribution < 1.29 is 0 Å². The topological polar surface area (TPSA) is 78.8 Å². The zero-order chi connectivity index (χ0) is 12.1. The van der Waals surface area contributed by atoms with Crippen LogP contribution in [0.3, 0.4) is 0 Å². The van der Waals surface area contributed by atoms with Gasteiger partial charge in [-0.3, -0.25) is 0 Å². The first kappa shape index (κ1) is 12.2. The Balaban J connectivity index is 2.92. The number of hydrogen-bond acceptors (Lipinski definition) is 5. The van der Waals surface area contributed by atoms with Crippen molar-refractivity contribution in [2.75, 3.05) is 24.2 Å². The predicted octanol–water partition coefficient (Wildman–Crippen LogP) is 1.53. The van der Waals surface area contributed by atoms with Gasteiger partial charge in [0.1, 0.15) is 17.5 Å². The smallest absolute Gasteiger partial charge is 0.135 e. The average molecular weight is 219 g/mol. The van der Waals surface area contributed by atoms with Gasteiger partial charge in [-0.25, -0.2) is 9.97 Å². The molecule has 1 rings (SSSR count). The number of anilines is 2. The van der Waals surface area contributed by atoms with Crippen molar-refractivity contribution in [1.29, 1.82) is 5.26 Å². The molecule has 2 N–H and O–H groups in total. The summed E-state index contributed by atoms with van der Waals surface area (Å²) in [5.41, 5.74) is 5.72. The van der Waals surface area contributed by atoms with E-state index in [1.54, 1.807) is 6.07 Å². The fourth-order valence-corrected chi connectivity index (χ4v) is 1.26. The normalized spacial score (nSPS) is 10.2. The summed E-state index contributed by atoms with van der Waals surface area (Å²) in [6, 6.07) is 3.83. The molecule has 5 nitrogen and oxygen atoms in total. The molecule has 1 heterocycles. The summed E-state index contributed by atoms with van der Waals surface area (Å²) in [5, 5.41) is 8.53. The van der Waals surface area contributed by atoms with Crippen LogP contribution >= 0.6 is 0 Å². The van der Waals surface area contributed by atoms with Gasteiger partial charge in [-0.15, -0.1) is 0 Å². The lowest BCUT2D eigenvalue weighted by molar-refractivity contribution is 0.765. The van der Waals surface area contributed by atoms with Crippen LogP contribution in [0.2, 0.25) is 0 Å². The molecule has 0 atom stereocenters. The van der Waals surface area contributed by atoms with Crippen molar-refractivity contribution in [1.82, 2.24) is 9.97 Å². The molecule has 16 heavy (non-hydrogen) atoms. The van der Waals surface area contributed by atoms with Gasteiger partial charge in [-0.05, 0) is 0 Å². The molecule has 0 saturated heterocycles. The van der Waals surface area contributed by atoms with Crippen LogP contribution in [0.1, 0.15) is 32.0 Å². The molecule has 0 aliphatic carbocycles. The van der Waals surface area contributed by atoms with E-state index in [0.717, 1.165) is 11.6 Å². The molecule has 0 aliphatic heterocycles. The van der Waals surface area contributed by atoms with Crippen molar-refractivity contribution >= 4 is 11.6 Å². The van der Waals surface area contributed by atoms with Gasteiger partial charge in [0.15, 0.2) is 0 Å². The molecule has 0 bridgehead atoms. The Bertz CT molecular complexity index is 394. The van der Waals surface area contributed by atoms with Gasteiger partial charge in [0.2, 0.25) is 0 Å². The third-order valence-corrected chi connectivity index (χ3v) is 2.22. The maximum absolute atomic E-state index is 8.53. The average Bonchev–Trinajstić information content (AvgIpc) is 2.24. The predicted molar refractivity (Wildman–Crippen MR) is 64.0 cm³/mol. The summed E-state index contributed by atoms with van der Waals surface area (Å²) in [6.07, 6.45) is 0.470. The molecule has 0 fully saturated rings. The van der Waals surface area contributed by atoms with E-state index in [4.69, 9.17) is 11.0 Å². The van der Waals surface area contributed by atoms with Crippen LogP contribution < -0.4 is 10.6 Å². The Morgan fingerprint density at radius 2 is 2.19 bits per heavy atom. The van der Waals surface area contributed by atoms with Gasteiger partial charge < -0.3 is 10.6 Å². The van der Waals surface area contributed by atoms with Crippen molar-refractivity contribution in [2.45, 2.75) is 26.2 Å². The zero-order valence-corrected chi connectivity index (χ0v) is 9.94. The van der Waals surface area contributed by atoms with E-state index in [9.17, 15) is 0 Å². The van der Waals surface area contributed by atoms with E-state index in [0.29, 0.717) is 18.8 Å². The van der Waals surface area contributed by atoms with Crippen LogP contribution in [-0.2, 0) is 0 Å². The lowest BCUT2D eigenvalue weighted by Crippen LogP contribution is -2.20. The maximum atomic E-state index is 8.53. The molecule has 1 aromatic rings. The highest BCUT2D eigenvalue weighted by atomic mass is 15.2. The van der Waals surface area contributed by atoms with Gasteiger partial charge in [0.25, 0.3) is 0 Å². The molecule has 0 unspecified atom stereocenters. The molecular formula is C11H17N5. The lowest BCUT2D eigenvalue weighted by Gasteiger charge is -2.18. The second kappa shape index (κ2) is 5.31. The van der Waals surface area contributed by atoms with E-state index in [2.05, 4.69) is 16.0 Å². The number of nitrogen functional groups attached to an aromatic ring is 1. The summed E-state index contributed by atoms with van der Waals surface area (Å²) >= 11 is 0. The SMILES string of the molecule is CC(C)c1nc(N)cc(N(C)CCC#N)n1. The Morgan fingerprint density at radius 1 is 1.50 bits per heavy atom. The van der Waals surface area contributed by atoms with Crippen molar-refractivity contribution in [3.05, 3.63) is 11.9 Å². The number of rotatable bonds is 4. The summed E-state index contributed by atoms with van der Waals surface area (Å²) in [4.78, 5) is 10.5. The lowest BCUT2D eigenvalue weighted by atomic mass is 10.2. The van der Waals surface area contributed by atoms with Crippen LogP contribution in [0.4, 0.5) is 11.6 Å². The van der Waals surface area contributed by atoms with Crippen molar-refractivity contribution in [2.24, 2.45) is 0 Å². The number of nitrogens with zero attached hydrogens (tertiary/aromatic N) is 4. The van der Waals surface area contributed by atoms with Gasteiger partial charge >= 0.3 is 0 Å². The minimum Gasteiger partial charge on any atom is -0.384 e.